The van der Waals surface area contributed by atoms with Gasteiger partial charge in [-0.05, 0) is 0 Å². The van der Waals surface area contributed by atoms with Crippen LogP contribution in [0.3, 0.4) is 0 Å². The van der Waals surface area contributed by atoms with Crippen LogP contribution in [0.1, 0.15) is 6.04 Å². The van der Waals surface area contributed by atoms with Crippen LogP contribution in [0.4, 0.5) is 0 Å². The van der Waals surface area contributed by atoms with E-state index in [0.717, 1.165) is 0 Å². The molecule has 0 saturated carbocycles. The Labute approximate surface area is 69.3 Å². The second-order valence-electron chi connectivity index (χ2n) is 2.26. The summed E-state index contributed by atoms with van der Waals surface area (Å²) in [5, 5.41) is 7.20. The highest BCUT2D eigenvalue weighted by Crippen LogP contribution is 2.02. The van der Waals surface area contributed by atoms with Crippen molar-refractivity contribution < 1.29 is 9.53 Å². The van der Waals surface area contributed by atoms with Crippen LogP contribution in [0.25, 0.3) is 0 Å². The number of amides is 1. The van der Waals surface area contributed by atoms with Gasteiger partial charge in [0.05, 0.1) is 12.8 Å². The number of hydrogen-bond acceptors (Lipinski definition) is 4. The van der Waals surface area contributed by atoms with Gasteiger partial charge >= 0.3 is 0 Å². The van der Waals surface area contributed by atoms with E-state index < -0.39 is 11.9 Å². The zero-order chi connectivity index (χ0) is 8.97. The molecule has 0 radical (unpaired) electrons. The molecule has 6 nitrogen and oxygen atoms in total. The molecule has 1 atom stereocenters. The van der Waals surface area contributed by atoms with Gasteiger partial charge in [-0.1, -0.05) is 5.21 Å². The van der Waals surface area contributed by atoms with Crippen LogP contribution in [-0.2, 0) is 9.53 Å². The van der Waals surface area contributed by atoms with Crippen molar-refractivity contribution in [2.45, 2.75) is 6.04 Å². The highest BCUT2D eigenvalue weighted by molar-refractivity contribution is 5.78. The summed E-state index contributed by atoms with van der Waals surface area (Å²) in [5.41, 5.74) is 5.11. The Morgan fingerprint density at radius 3 is 3.00 bits per heavy atom. The third-order valence-electron chi connectivity index (χ3n) is 1.41. The number of nitrogens with zero attached hydrogens (tertiary/aromatic N) is 3. The molecule has 12 heavy (non-hydrogen) atoms. The molecule has 0 saturated heterocycles. The molecule has 6 heteroatoms. The molecule has 66 valence electrons. The normalized spacial score (nSPS) is 12.8. The summed E-state index contributed by atoms with van der Waals surface area (Å²) in [6.45, 7) is 0.207. The van der Waals surface area contributed by atoms with Gasteiger partial charge in [0.15, 0.2) is 6.04 Å². The van der Waals surface area contributed by atoms with Gasteiger partial charge in [-0.3, -0.25) is 4.79 Å². The SMILES string of the molecule is COCC(C(N)=O)n1ccnn1. The lowest BCUT2D eigenvalue weighted by molar-refractivity contribution is -0.122. The minimum absolute atomic E-state index is 0.207. The first-order chi connectivity index (χ1) is 5.75. The topological polar surface area (TPSA) is 83.0 Å². The maximum Gasteiger partial charge on any atom is 0.244 e. The van der Waals surface area contributed by atoms with E-state index in [0.29, 0.717) is 0 Å². The van der Waals surface area contributed by atoms with Gasteiger partial charge in [0.25, 0.3) is 0 Å². The lowest BCUT2D eigenvalue weighted by Crippen LogP contribution is -2.30. The number of methoxy groups -OCH3 is 1. The highest BCUT2D eigenvalue weighted by atomic mass is 16.5. The van der Waals surface area contributed by atoms with Crippen LogP contribution in [0.15, 0.2) is 12.4 Å². The maximum atomic E-state index is 10.8. The summed E-state index contributed by atoms with van der Waals surface area (Å²) >= 11 is 0. The average Bonchev–Trinajstić information content (AvgIpc) is 2.51. The average molecular weight is 170 g/mol. The Balaban J connectivity index is 2.73. The smallest absolute Gasteiger partial charge is 0.244 e. The van der Waals surface area contributed by atoms with E-state index in [1.807, 2.05) is 0 Å². The van der Waals surface area contributed by atoms with Crippen molar-refractivity contribution in [2.24, 2.45) is 5.73 Å². The molecule has 0 aromatic carbocycles. The second-order valence-corrected chi connectivity index (χ2v) is 2.26. The minimum atomic E-state index is -0.572. The molecule has 1 unspecified atom stereocenters. The summed E-state index contributed by atoms with van der Waals surface area (Å²) in [6.07, 6.45) is 3.04. The van der Waals surface area contributed by atoms with Crippen LogP contribution in [0.5, 0.6) is 0 Å². The first kappa shape index (κ1) is 8.66. The van der Waals surface area contributed by atoms with E-state index in [9.17, 15) is 4.79 Å². The fourth-order valence-corrected chi connectivity index (χ4v) is 0.830. The Morgan fingerprint density at radius 1 is 1.83 bits per heavy atom. The van der Waals surface area contributed by atoms with Crippen LogP contribution in [0.2, 0.25) is 0 Å². The number of carbonyl (C=O) groups is 1. The summed E-state index contributed by atoms with van der Waals surface area (Å²) in [6, 6.07) is -0.572. The van der Waals surface area contributed by atoms with Gasteiger partial charge in [0.2, 0.25) is 5.91 Å². The standard InChI is InChI=1S/C6H10N4O2/c1-12-4-5(6(7)11)10-3-2-8-9-10/h2-3,5H,4H2,1H3,(H2,7,11). The number of rotatable bonds is 4. The maximum absolute atomic E-state index is 10.8. The zero-order valence-electron chi connectivity index (χ0n) is 6.67. The molecule has 2 N–H and O–H groups in total. The van der Waals surface area contributed by atoms with Crippen molar-refractivity contribution in [1.82, 2.24) is 15.0 Å². The van der Waals surface area contributed by atoms with Crippen LogP contribution >= 0.6 is 0 Å². The van der Waals surface area contributed by atoms with Crippen molar-refractivity contribution in [3.05, 3.63) is 12.4 Å². The van der Waals surface area contributed by atoms with E-state index in [4.69, 9.17) is 10.5 Å². The molecular weight excluding hydrogens is 160 g/mol. The molecule has 1 aromatic rings. The Morgan fingerprint density at radius 2 is 2.58 bits per heavy atom. The number of carbonyl (C=O) groups excluding carboxylic acids is 1. The van der Waals surface area contributed by atoms with Crippen LogP contribution in [-0.4, -0.2) is 34.6 Å². The molecule has 0 aliphatic carbocycles. The van der Waals surface area contributed by atoms with E-state index in [2.05, 4.69) is 10.3 Å². The monoisotopic (exact) mass is 170 g/mol. The highest BCUT2D eigenvalue weighted by Gasteiger charge is 2.17. The first-order valence-electron chi connectivity index (χ1n) is 3.39. The fraction of sp³-hybridized carbons (Fsp3) is 0.500. The molecule has 1 aromatic heterocycles. The van der Waals surface area contributed by atoms with E-state index in [1.165, 1.54) is 18.0 Å². The third kappa shape index (κ3) is 1.79. The molecule has 1 heterocycles. The predicted octanol–water partition coefficient (Wildman–Crippen LogP) is -1.05. The van der Waals surface area contributed by atoms with Crippen molar-refractivity contribution in [1.29, 1.82) is 0 Å². The van der Waals surface area contributed by atoms with Crippen molar-refractivity contribution >= 4 is 5.91 Å². The zero-order valence-corrected chi connectivity index (χ0v) is 6.67. The molecule has 0 fully saturated rings. The van der Waals surface area contributed by atoms with Gasteiger partial charge in [-0.2, -0.15) is 0 Å². The quantitative estimate of drug-likeness (QED) is 0.625. The molecule has 1 amide bonds. The van der Waals surface area contributed by atoms with Gasteiger partial charge in [-0.15, -0.1) is 5.10 Å². The fourth-order valence-electron chi connectivity index (χ4n) is 0.830. The summed E-state index contributed by atoms with van der Waals surface area (Å²) in [7, 11) is 1.49. The van der Waals surface area contributed by atoms with E-state index >= 15 is 0 Å². The second kappa shape index (κ2) is 3.82. The van der Waals surface area contributed by atoms with Gasteiger partial charge in [-0.25, -0.2) is 4.68 Å². The predicted molar refractivity (Wildman–Crippen MR) is 40.1 cm³/mol. The Kier molecular flexibility index (Phi) is 2.76. The summed E-state index contributed by atoms with van der Waals surface area (Å²) < 4.78 is 6.17. The number of ether oxygens (including phenoxy) is 1. The minimum Gasteiger partial charge on any atom is -0.382 e. The van der Waals surface area contributed by atoms with Crippen LogP contribution < -0.4 is 5.73 Å². The molecule has 0 spiro atoms. The molecule has 0 bridgehead atoms. The molecule has 0 aliphatic rings. The molecule has 1 rings (SSSR count). The Bertz CT molecular complexity index is 246. The third-order valence-corrected chi connectivity index (χ3v) is 1.41. The number of hydrogen-bond donors (Lipinski definition) is 1. The van der Waals surface area contributed by atoms with Crippen molar-refractivity contribution in [3.63, 3.8) is 0 Å². The molecular formula is C6H10N4O2. The molecule has 0 aliphatic heterocycles. The van der Waals surface area contributed by atoms with E-state index in [1.54, 1.807) is 6.20 Å². The lowest BCUT2D eigenvalue weighted by atomic mass is 10.3. The first-order valence-corrected chi connectivity index (χ1v) is 3.39. The summed E-state index contributed by atoms with van der Waals surface area (Å²) in [4.78, 5) is 10.8. The van der Waals surface area contributed by atoms with Crippen LogP contribution in [0, 0.1) is 0 Å². The number of aromatic nitrogens is 3. The van der Waals surface area contributed by atoms with Gasteiger partial charge in [0, 0.05) is 13.3 Å². The Hall–Kier alpha value is -1.43. The van der Waals surface area contributed by atoms with E-state index in [-0.39, 0.29) is 6.61 Å². The number of nitrogens with two attached hydrogens (primary N) is 1. The summed E-state index contributed by atoms with van der Waals surface area (Å²) in [5.74, 6) is -0.484. The van der Waals surface area contributed by atoms with Crippen molar-refractivity contribution in [2.75, 3.05) is 13.7 Å². The van der Waals surface area contributed by atoms with Gasteiger partial charge in [0.1, 0.15) is 0 Å². The largest absolute Gasteiger partial charge is 0.382 e. The van der Waals surface area contributed by atoms with Crippen molar-refractivity contribution in [3.8, 4) is 0 Å². The number of primary amides is 1. The lowest BCUT2D eigenvalue weighted by Gasteiger charge is -2.10. The van der Waals surface area contributed by atoms with Gasteiger partial charge < -0.3 is 10.5 Å².